The number of hydrogen-bond donors (Lipinski definition) is 1. The quantitative estimate of drug-likeness (QED) is 0.373. The molecule has 7 heteroatoms. The van der Waals surface area contributed by atoms with Crippen LogP contribution in [0.2, 0.25) is 5.15 Å². The zero-order chi connectivity index (χ0) is 14.9. The van der Waals surface area contributed by atoms with Crippen molar-refractivity contribution in [1.82, 2.24) is 4.98 Å². The van der Waals surface area contributed by atoms with E-state index in [-0.39, 0.29) is 5.91 Å². The summed E-state index contributed by atoms with van der Waals surface area (Å²) in [5, 5.41) is 3.25. The van der Waals surface area contributed by atoms with Crippen molar-refractivity contribution < 1.29 is 4.79 Å². The summed E-state index contributed by atoms with van der Waals surface area (Å²) in [7, 11) is 0. The molecule has 1 amide bonds. The topological polar surface area (TPSA) is 42.0 Å². The number of anilines is 1. The second-order valence-corrected chi connectivity index (χ2v) is 7.98. The summed E-state index contributed by atoms with van der Waals surface area (Å²) in [6, 6.07) is 7.32. The van der Waals surface area contributed by atoms with Gasteiger partial charge >= 0.3 is 0 Å². The molecule has 0 bridgehead atoms. The fourth-order valence-corrected chi connectivity index (χ4v) is 5.71. The summed E-state index contributed by atoms with van der Waals surface area (Å²) < 4.78 is 3.14. The van der Waals surface area contributed by atoms with Crippen LogP contribution in [0.4, 0.5) is 5.69 Å². The minimum Gasteiger partial charge on any atom is -0.320 e. The third-order valence-electron chi connectivity index (χ3n) is 2.43. The molecule has 2 aromatic rings. The minimum absolute atomic E-state index is 0.186. The molecule has 0 fully saturated rings. The van der Waals surface area contributed by atoms with Gasteiger partial charge in [-0.05, 0) is 99.0 Å². The van der Waals surface area contributed by atoms with Crippen molar-refractivity contribution in [3.8, 4) is 0 Å². The number of hydrogen-bond acceptors (Lipinski definition) is 2. The Hall–Kier alpha value is 0.320. The maximum absolute atomic E-state index is 12.3. The van der Waals surface area contributed by atoms with Gasteiger partial charge in [-0.1, -0.05) is 11.6 Å². The summed E-state index contributed by atoms with van der Waals surface area (Å²) in [6.07, 6.45) is 0. The predicted molar refractivity (Wildman–Crippen MR) is 107 cm³/mol. The number of rotatable bonds is 2. The molecule has 0 aliphatic carbocycles. The first-order chi connectivity index (χ1) is 9.36. The molecule has 1 heterocycles. The zero-order valence-corrected chi connectivity index (χ0v) is 17.4. The summed E-state index contributed by atoms with van der Waals surface area (Å²) in [5.41, 5.74) is 2.05. The van der Waals surface area contributed by atoms with Gasteiger partial charge in [-0.25, -0.2) is 4.98 Å². The van der Waals surface area contributed by atoms with Crippen molar-refractivity contribution in [2.75, 3.05) is 5.32 Å². The summed E-state index contributed by atoms with van der Waals surface area (Å²) in [6.45, 7) is 1.81. The standard InChI is InChI=1S/C13H8ClI3N2O/c1-6-2-7(3-11(14)18-6)13(20)19-12-9(16)4-8(15)5-10(12)17/h2-5H,1H3,(H,19,20). The van der Waals surface area contributed by atoms with Gasteiger partial charge in [0.15, 0.2) is 0 Å². The molecular formula is C13H8ClI3N2O. The normalized spacial score (nSPS) is 10.4. The molecule has 0 unspecified atom stereocenters. The van der Waals surface area contributed by atoms with E-state index in [1.54, 1.807) is 19.1 Å². The lowest BCUT2D eigenvalue weighted by Crippen LogP contribution is -2.14. The number of nitrogens with zero attached hydrogens (tertiary/aromatic N) is 1. The SMILES string of the molecule is Cc1cc(C(=O)Nc2c(I)cc(I)cc2I)cc(Cl)n1. The Balaban J connectivity index is 2.32. The van der Waals surface area contributed by atoms with Crippen LogP contribution in [0.15, 0.2) is 24.3 Å². The Morgan fingerprint density at radius 3 is 2.30 bits per heavy atom. The Bertz CT molecular complexity index is 648. The molecule has 0 radical (unpaired) electrons. The van der Waals surface area contributed by atoms with E-state index in [4.69, 9.17) is 11.6 Å². The van der Waals surface area contributed by atoms with E-state index in [2.05, 4.69) is 78.1 Å². The third-order valence-corrected chi connectivity index (χ3v) is 4.95. The van der Waals surface area contributed by atoms with E-state index in [0.717, 1.165) is 22.1 Å². The summed E-state index contributed by atoms with van der Waals surface area (Å²) >= 11 is 12.6. The summed E-state index contributed by atoms with van der Waals surface area (Å²) in [5.74, 6) is -0.186. The maximum Gasteiger partial charge on any atom is 0.255 e. The molecule has 104 valence electrons. The van der Waals surface area contributed by atoms with Crippen LogP contribution in [0.3, 0.4) is 0 Å². The Morgan fingerprint density at radius 2 is 1.75 bits per heavy atom. The lowest BCUT2D eigenvalue weighted by atomic mass is 10.2. The number of carbonyl (C=O) groups excluding carboxylic acids is 1. The Kier molecular flexibility index (Phi) is 5.88. The van der Waals surface area contributed by atoms with Gasteiger partial charge in [0.05, 0.1) is 5.69 Å². The first-order valence-corrected chi connectivity index (χ1v) is 9.08. The van der Waals surface area contributed by atoms with E-state index in [0.29, 0.717) is 10.7 Å². The van der Waals surface area contributed by atoms with Crippen LogP contribution in [-0.4, -0.2) is 10.9 Å². The van der Waals surface area contributed by atoms with E-state index < -0.39 is 0 Å². The third kappa shape index (κ3) is 4.17. The number of aromatic nitrogens is 1. The lowest BCUT2D eigenvalue weighted by molar-refractivity contribution is 0.102. The molecule has 1 aromatic heterocycles. The number of benzene rings is 1. The zero-order valence-electron chi connectivity index (χ0n) is 10.2. The number of pyridine rings is 1. The van der Waals surface area contributed by atoms with E-state index in [1.807, 2.05) is 12.1 Å². The van der Waals surface area contributed by atoms with Gasteiger partial charge in [0.2, 0.25) is 0 Å². The van der Waals surface area contributed by atoms with E-state index >= 15 is 0 Å². The minimum atomic E-state index is -0.186. The van der Waals surface area contributed by atoms with Gasteiger partial charge in [0.1, 0.15) is 5.15 Å². The van der Waals surface area contributed by atoms with Crippen LogP contribution in [0.1, 0.15) is 16.1 Å². The molecule has 20 heavy (non-hydrogen) atoms. The monoisotopic (exact) mass is 624 g/mol. The van der Waals surface area contributed by atoms with Gasteiger partial charge in [-0.3, -0.25) is 4.79 Å². The smallest absolute Gasteiger partial charge is 0.255 e. The lowest BCUT2D eigenvalue weighted by Gasteiger charge is -2.11. The van der Waals surface area contributed by atoms with E-state index in [9.17, 15) is 4.79 Å². The van der Waals surface area contributed by atoms with Gasteiger partial charge in [-0.2, -0.15) is 0 Å². The molecule has 0 spiro atoms. The number of halogens is 4. The van der Waals surface area contributed by atoms with Gasteiger partial charge in [0.25, 0.3) is 5.91 Å². The predicted octanol–water partition coefficient (Wildman–Crippen LogP) is 5.11. The van der Waals surface area contributed by atoms with Gasteiger partial charge < -0.3 is 5.32 Å². The molecule has 1 N–H and O–H groups in total. The van der Waals surface area contributed by atoms with E-state index in [1.165, 1.54) is 0 Å². The molecule has 0 aliphatic rings. The first kappa shape index (κ1) is 16.7. The highest BCUT2D eigenvalue weighted by molar-refractivity contribution is 14.1. The second-order valence-electron chi connectivity index (χ2n) is 4.02. The van der Waals surface area contributed by atoms with Crippen molar-refractivity contribution in [1.29, 1.82) is 0 Å². The van der Waals surface area contributed by atoms with Crippen LogP contribution in [0.5, 0.6) is 0 Å². The van der Waals surface area contributed by atoms with Crippen molar-refractivity contribution in [3.63, 3.8) is 0 Å². The number of aryl methyl sites for hydroxylation is 1. The number of carbonyl (C=O) groups is 1. The molecule has 0 saturated carbocycles. The average Bonchev–Trinajstić information content (AvgIpc) is 2.32. The van der Waals surface area contributed by atoms with Crippen LogP contribution >= 0.6 is 79.4 Å². The largest absolute Gasteiger partial charge is 0.320 e. The molecule has 0 atom stereocenters. The van der Waals surface area contributed by atoms with Crippen molar-refractivity contribution in [3.05, 3.63) is 51.4 Å². The molecule has 2 rings (SSSR count). The van der Waals surface area contributed by atoms with Gasteiger partial charge in [0, 0.05) is 22.0 Å². The Morgan fingerprint density at radius 1 is 1.15 bits per heavy atom. The molecular weight excluding hydrogens is 616 g/mol. The van der Waals surface area contributed by atoms with Crippen LogP contribution in [-0.2, 0) is 0 Å². The van der Waals surface area contributed by atoms with Crippen LogP contribution < -0.4 is 5.32 Å². The number of amides is 1. The number of nitrogens with one attached hydrogen (secondary N) is 1. The fourth-order valence-electron chi connectivity index (χ4n) is 1.61. The van der Waals surface area contributed by atoms with Crippen molar-refractivity contribution in [2.24, 2.45) is 0 Å². The molecule has 0 saturated heterocycles. The van der Waals surface area contributed by atoms with Gasteiger partial charge in [-0.15, -0.1) is 0 Å². The summed E-state index contributed by atoms with van der Waals surface area (Å²) in [4.78, 5) is 16.4. The highest BCUT2D eigenvalue weighted by Gasteiger charge is 2.13. The highest BCUT2D eigenvalue weighted by Crippen LogP contribution is 2.28. The first-order valence-electron chi connectivity index (χ1n) is 5.47. The van der Waals surface area contributed by atoms with Crippen molar-refractivity contribution >= 4 is 91.0 Å². The Labute approximate surface area is 162 Å². The van der Waals surface area contributed by atoms with Crippen LogP contribution in [0, 0.1) is 17.6 Å². The fraction of sp³-hybridized carbons (Fsp3) is 0.0769. The maximum atomic E-state index is 12.3. The molecule has 0 aliphatic heterocycles. The molecule has 1 aromatic carbocycles. The highest BCUT2D eigenvalue weighted by atomic mass is 127. The average molecular weight is 624 g/mol. The molecule has 3 nitrogen and oxygen atoms in total. The van der Waals surface area contributed by atoms with Crippen LogP contribution in [0.25, 0.3) is 0 Å². The second kappa shape index (κ2) is 7.05. The van der Waals surface area contributed by atoms with Crippen molar-refractivity contribution in [2.45, 2.75) is 6.92 Å².